The second-order valence-electron chi connectivity index (χ2n) is 15.7. The predicted octanol–water partition coefficient (Wildman–Crippen LogP) is 6.50. The van der Waals surface area contributed by atoms with Gasteiger partial charge in [-0.2, -0.15) is 9.97 Å². The van der Waals surface area contributed by atoms with Gasteiger partial charge in [0.2, 0.25) is 0 Å². The van der Waals surface area contributed by atoms with Crippen LogP contribution in [-0.2, 0) is 4.74 Å². The molecule has 4 aromatic rings. The maximum absolute atomic E-state index is 17.5. The molecule has 4 bridgehead atoms. The van der Waals surface area contributed by atoms with Gasteiger partial charge in [0.15, 0.2) is 5.82 Å². The fraction of sp³-hybridized carbons (Fsp3) is 0.500. The van der Waals surface area contributed by atoms with Crippen LogP contribution < -0.4 is 15.0 Å². The van der Waals surface area contributed by atoms with E-state index < -0.39 is 11.6 Å². The lowest BCUT2D eigenvalue weighted by Crippen LogP contribution is -2.51. The van der Waals surface area contributed by atoms with Gasteiger partial charge >= 0.3 is 6.01 Å². The van der Waals surface area contributed by atoms with E-state index in [1.165, 1.54) is 18.2 Å². The first-order chi connectivity index (χ1) is 24.2. The molecule has 260 valence electrons. The number of nitrogens with one attached hydrogen (secondary N) is 1. The predicted molar refractivity (Wildman–Crippen MR) is 190 cm³/mol. The molecule has 0 amide bonds. The van der Waals surface area contributed by atoms with E-state index in [0.717, 1.165) is 71.2 Å². The van der Waals surface area contributed by atoms with Crippen molar-refractivity contribution >= 4 is 27.5 Å². The Bertz CT molecular complexity index is 2040. The molecule has 8 nitrogen and oxygen atoms in total. The average molecular weight is 680 g/mol. The Balaban J connectivity index is 1.17. The molecule has 50 heavy (non-hydrogen) atoms. The summed E-state index contributed by atoms with van der Waals surface area (Å²) in [6.07, 6.45) is 13.1. The van der Waals surface area contributed by atoms with E-state index in [1.807, 2.05) is 19.9 Å². The van der Waals surface area contributed by atoms with Crippen molar-refractivity contribution in [3.63, 3.8) is 0 Å². The Labute approximate surface area is 291 Å². The first-order valence-electron chi connectivity index (χ1n) is 18.1. The molecule has 9 rings (SSSR count). The highest BCUT2D eigenvalue weighted by Gasteiger charge is 2.47. The molecule has 1 saturated carbocycles. The standard InChI is InChI=1S/C40H43F2N5O3/c1-4-29-33(41)10-5-23-13-26(48)14-31(34(23)29)35-30(22(2)3)15-32-37(36(35)42)44-39(45-38(32)47-16-24-6-7-25(17-47)43-24)49-21-40(11-12-40)20-46-18-27-8-9-28(19-46)50-27/h1,5,10,13-15,22,24-25,27-28,43,48H,6-9,11-12,16-21H2,2-3H3. The van der Waals surface area contributed by atoms with Crippen molar-refractivity contribution in [2.24, 2.45) is 5.41 Å². The topological polar surface area (TPSA) is 83.0 Å². The molecule has 2 N–H and O–H groups in total. The molecule has 4 aliphatic heterocycles. The highest BCUT2D eigenvalue weighted by atomic mass is 19.1. The van der Waals surface area contributed by atoms with Crippen LogP contribution in [-0.4, -0.2) is 83.6 Å². The number of anilines is 1. The van der Waals surface area contributed by atoms with E-state index in [4.69, 9.17) is 25.9 Å². The van der Waals surface area contributed by atoms with Gasteiger partial charge in [0.25, 0.3) is 0 Å². The van der Waals surface area contributed by atoms with Crippen LogP contribution in [0.5, 0.6) is 11.8 Å². The number of hydrogen-bond acceptors (Lipinski definition) is 8. The molecule has 5 fully saturated rings. The van der Waals surface area contributed by atoms with Gasteiger partial charge in [0.1, 0.15) is 22.9 Å². The number of halogens is 2. The van der Waals surface area contributed by atoms with Crippen molar-refractivity contribution in [3.05, 3.63) is 53.1 Å². The third-order valence-corrected chi connectivity index (χ3v) is 11.7. The molecule has 4 unspecified atom stereocenters. The lowest BCUT2D eigenvalue weighted by atomic mass is 9.86. The number of phenolic OH excluding ortho intramolecular Hbond substituents is 1. The number of aromatic nitrogens is 2. The van der Waals surface area contributed by atoms with Crippen LogP contribution in [0.1, 0.15) is 69.4 Å². The van der Waals surface area contributed by atoms with Crippen molar-refractivity contribution in [1.82, 2.24) is 20.2 Å². The number of aromatic hydroxyl groups is 1. The molecule has 0 radical (unpaired) electrons. The van der Waals surface area contributed by atoms with Crippen LogP contribution in [0, 0.1) is 29.4 Å². The minimum atomic E-state index is -0.577. The number of phenols is 1. The summed E-state index contributed by atoms with van der Waals surface area (Å²) in [5.74, 6) is 1.80. The number of fused-ring (bicyclic) bond motifs is 6. The maximum Gasteiger partial charge on any atom is 0.319 e. The summed E-state index contributed by atoms with van der Waals surface area (Å²) < 4.78 is 45.2. The number of hydrogen-bond donors (Lipinski definition) is 2. The Morgan fingerprint density at radius 1 is 1.04 bits per heavy atom. The lowest BCUT2D eigenvalue weighted by molar-refractivity contribution is -0.0460. The molecule has 1 aliphatic carbocycles. The number of nitrogens with zero attached hydrogens (tertiary/aromatic N) is 4. The normalized spacial score (nSPS) is 25.5. The SMILES string of the molecule is C#Cc1c(F)ccc2cc(O)cc(-c3c(C(C)C)cc4c(N5CC6CCC(C5)N6)nc(OCC5(CN6CC7CCC(C6)O7)CC5)nc4c3F)c12. The van der Waals surface area contributed by atoms with Crippen molar-refractivity contribution in [1.29, 1.82) is 0 Å². The van der Waals surface area contributed by atoms with E-state index in [9.17, 15) is 5.11 Å². The summed E-state index contributed by atoms with van der Waals surface area (Å²) in [6, 6.07) is 8.64. The van der Waals surface area contributed by atoms with Crippen LogP contribution in [0.15, 0.2) is 30.3 Å². The Kier molecular flexibility index (Phi) is 7.68. The number of ether oxygens (including phenoxy) is 2. The average Bonchev–Trinajstić information content (AvgIpc) is 3.66. The monoisotopic (exact) mass is 679 g/mol. The van der Waals surface area contributed by atoms with Crippen LogP contribution in [0.3, 0.4) is 0 Å². The zero-order chi connectivity index (χ0) is 34.3. The Hall–Kier alpha value is -4.04. The van der Waals surface area contributed by atoms with Gasteiger partial charge in [-0.3, -0.25) is 4.90 Å². The lowest BCUT2D eigenvalue weighted by Gasteiger charge is -2.35. The first kappa shape index (κ1) is 31.9. The number of morpholine rings is 1. The fourth-order valence-corrected chi connectivity index (χ4v) is 9.02. The highest BCUT2D eigenvalue weighted by molar-refractivity contribution is 6.05. The zero-order valence-corrected chi connectivity index (χ0v) is 28.6. The van der Waals surface area contributed by atoms with Crippen LogP contribution in [0.4, 0.5) is 14.6 Å². The molecule has 3 aromatic carbocycles. The van der Waals surface area contributed by atoms with Crippen LogP contribution in [0.25, 0.3) is 32.8 Å². The highest BCUT2D eigenvalue weighted by Crippen LogP contribution is 2.48. The third-order valence-electron chi connectivity index (χ3n) is 11.7. The molecule has 4 saturated heterocycles. The second-order valence-corrected chi connectivity index (χ2v) is 15.7. The molecule has 5 heterocycles. The third kappa shape index (κ3) is 5.55. The Morgan fingerprint density at radius 3 is 2.46 bits per heavy atom. The van der Waals surface area contributed by atoms with Gasteiger partial charge in [0, 0.05) is 66.6 Å². The number of rotatable bonds is 8. The molecule has 1 aromatic heterocycles. The molecule has 10 heteroatoms. The summed E-state index contributed by atoms with van der Waals surface area (Å²) in [5, 5.41) is 16.0. The maximum atomic E-state index is 17.5. The number of benzene rings is 3. The molecular formula is C40H43F2N5O3. The molecule has 5 aliphatic rings. The Morgan fingerprint density at radius 2 is 1.78 bits per heavy atom. The molecule has 0 spiro atoms. The molecular weight excluding hydrogens is 636 g/mol. The van der Waals surface area contributed by atoms with Gasteiger partial charge in [-0.15, -0.1) is 6.42 Å². The van der Waals surface area contributed by atoms with Crippen molar-refractivity contribution in [2.75, 3.05) is 44.2 Å². The zero-order valence-electron chi connectivity index (χ0n) is 28.6. The minimum absolute atomic E-state index is 0.0186. The van der Waals surface area contributed by atoms with Gasteiger partial charge in [-0.25, -0.2) is 8.78 Å². The van der Waals surface area contributed by atoms with Gasteiger partial charge in [-0.05, 0) is 85.2 Å². The second kappa shape index (κ2) is 12.0. The van der Waals surface area contributed by atoms with Crippen molar-refractivity contribution in [2.45, 2.75) is 82.6 Å². The van der Waals surface area contributed by atoms with Gasteiger partial charge in [-0.1, -0.05) is 25.8 Å². The summed E-state index contributed by atoms with van der Waals surface area (Å²) in [7, 11) is 0. The number of terminal acetylenes is 1. The summed E-state index contributed by atoms with van der Waals surface area (Å²) >= 11 is 0. The van der Waals surface area contributed by atoms with Gasteiger partial charge < -0.3 is 24.8 Å². The van der Waals surface area contributed by atoms with E-state index in [0.29, 0.717) is 64.0 Å². The van der Waals surface area contributed by atoms with Crippen molar-refractivity contribution < 1.29 is 23.4 Å². The fourth-order valence-electron chi connectivity index (χ4n) is 9.02. The molecule has 4 atom stereocenters. The number of piperazine rings is 1. The largest absolute Gasteiger partial charge is 0.508 e. The minimum Gasteiger partial charge on any atom is -0.508 e. The smallest absolute Gasteiger partial charge is 0.319 e. The van der Waals surface area contributed by atoms with Crippen LogP contribution >= 0.6 is 0 Å². The van der Waals surface area contributed by atoms with E-state index in [-0.39, 0.29) is 39.7 Å². The first-order valence-corrected chi connectivity index (χ1v) is 18.1. The summed E-state index contributed by atoms with van der Waals surface area (Å²) in [6.45, 7) is 8.83. The summed E-state index contributed by atoms with van der Waals surface area (Å²) in [4.78, 5) is 14.6. The summed E-state index contributed by atoms with van der Waals surface area (Å²) in [5.41, 5.74) is 1.45. The van der Waals surface area contributed by atoms with E-state index in [2.05, 4.69) is 21.0 Å². The van der Waals surface area contributed by atoms with E-state index >= 15 is 8.78 Å². The van der Waals surface area contributed by atoms with Gasteiger partial charge in [0.05, 0.1) is 24.4 Å². The number of likely N-dealkylation sites (tertiary alicyclic amines) is 1. The quantitative estimate of drug-likeness (QED) is 0.204. The van der Waals surface area contributed by atoms with Crippen molar-refractivity contribution in [3.8, 4) is 35.2 Å². The van der Waals surface area contributed by atoms with E-state index in [1.54, 1.807) is 6.07 Å². The van der Waals surface area contributed by atoms with Crippen LogP contribution in [0.2, 0.25) is 0 Å².